The Hall–Kier alpha value is -3.08. The predicted octanol–water partition coefficient (Wildman–Crippen LogP) is 4.60. The van der Waals surface area contributed by atoms with Crippen LogP contribution in [0.15, 0.2) is 59.6 Å². The van der Waals surface area contributed by atoms with Crippen molar-refractivity contribution in [3.8, 4) is 0 Å². The quantitative estimate of drug-likeness (QED) is 0.489. The number of hydrogen-bond donors (Lipinski definition) is 2. The number of nitrogens with two attached hydrogens (primary N) is 1. The van der Waals surface area contributed by atoms with Gasteiger partial charge in [0.2, 0.25) is 0 Å². The second-order valence-electron chi connectivity index (χ2n) is 7.40. The number of aliphatic imine (C=N–C) groups is 1. The van der Waals surface area contributed by atoms with Gasteiger partial charge in [0.15, 0.2) is 5.96 Å². The summed E-state index contributed by atoms with van der Waals surface area (Å²) in [6, 6.07) is 18.6. The van der Waals surface area contributed by atoms with Crippen LogP contribution in [-0.4, -0.2) is 15.7 Å². The summed E-state index contributed by atoms with van der Waals surface area (Å²) in [5, 5.41) is 7.88. The zero-order chi connectivity index (χ0) is 20.1. The van der Waals surface area contributed by atoms with Crippen molar-refractivity contribution < 1.29 is 0 Å². The molecule has 0 aliphatic heterocycles. The Kier molecular flexibility index (Phi) is 6.14. The number of nitrogens with one attached hydrogen (secondary N) is 1. The number of rotatable bonds is 6. The normalized spacial score (nSPS) is 11.8. The van der Waals surface area contributed by atoms with E-state index in [9.17, 15) is 0 Å². The molecule has 1 aromatic heterocycles. The molecule has 0 atom stereocenters. The van der Waals surface area contributed by atoms with Gasteiger partial charge in [0.1, 0.15) is 0 Å². The Morgan fingerprint density at radius 3 is 2.57 bits per heavy atom. The summed E-state index contributed by atoms with van der Waals surface area (Å²) < 4.78 is 2.03. The van der Waals surface area contributed by atoms with Gasteiger partial charge >= 0.3 is 0 Å². The van der Waals surface area contributed by atoms with Crippen LogP contribution in [0, 0.1) is 13.8 Å². The van der Waals surface area contributed by atoms with Gasteiger partial charge < -0.3 is 11.1 Å². The van der Waals surface area contributed by atoms with Gasteiger partial charge in [0, 0.05) is 16.9 Å². The summed E-state index contributed by atoms with van der Waals surface area (Å²) in [6.07, 6.45) is 0. The minimum atomic E-state index is 0.413. The minimum absolute atomic E-state index is 0.413. The SMILES string of the molecule is Cc1nn(Cc2ccccc2)c(C)c1CN=C(N)Nc1cccc(C(C)C)c1. The zero-order valence-corrected chi connectivity index (χ0v) is 17.1. The minimum Gasteiger partial charge on any atom is -0.370 e. The Bertz CT molecular complexity index is 954. The largest absolute Gasteiger partial charge is 0.370 e. The third-order valence-corrected chi connectivity index (χ3v) is 4.94. The Balaban J connectivity index is 1.70. The molecule has 5 nitrogen and oxygen atoms in total. The molecular formula is C23H29N5. The fourth-order valence-electron chi connectivity index (χ4n) is 3.20. The van der Waals surface area contributed by atoms with Crippen molar-refractivity contribution in [2.75, 3.05) is 5.32 Å². The summed E-state index contributed by atoms with van der Waals surface area (Å²) in [7, 11) is 0. The van der Waals surface area contributed by atoms with Crippen molar-refractivity contribution in [1.82, 2.24) is 9.78 Å². The van der Waals surface area contributed by atoms with Gasteiger partial charge in [-0.25, -0.2) is 4.99 Å². The number of hydrogen-bond acceptors (Lipinski definition) is 2. The highest BCUT2D eigenvalue weighted by Crippen LogP contribution is 2.19. The van der Waals surface area contributed by atoms with Crippen molar-refractivity contribution in [3.05, 3.63) is 82.7 Å². The third-order valence-electron chi connectivity index (χ3n) is 4.94. The topological polar surface area (TPSA) is 68.2 Å². The first kappa shape index (κ1) is 19.7. The van der Waals surface area contributed by atoms with Crippen molar-refractivity contribution in [2.45, 2.75) is 46.7 Å². The summed E-state index contributed by atoms with van der Waals surface area (Å²) in [5.74, 6) is 0.885. The predicted molar refractivity (Wildman–Crippen MR) is 117 cm³/mol. The molecule has 0 spiro atoms. The van der Waals surface area contributed by atoms with Crippen LogP contribution in [0.4, 0.5) is 5.69 Å². The summed E-state index contributed by atoms with van der Waals surface area (Å²) in [4.78, 5) is 4.54. The van der Waals surface area contributed by atoms with Gasteiger partial charge in [0.25, 0.3) is 0 Å². The van der Waals surface area contributed by atoms with E-state index >= 15 is 0 Å². The van der Waals surface area contributed by atoms with E-state index in [1.54, 1.807) is 0 Å². The third kappa shape index (κ3) is 4.80. The van der Waals surface area contributed by atoms with Crippen LogP contribution in [-0.2, 0) is 13.1 Å². The molecule has 3 N–H and O–H groups in total. The molecule has 3 aromatic rings. The summed E-state index contributed by atoms with van der Waals surface area (Å²) >= 11 is 0. The summed E-state index contributed by atoms with van der Waals surface area (Å²) in [6.45, 7) is 9.73. The zero-order valence-electron chi connectivity index (χ0n) is 17.1. The maximum atomic E-state index is 6.12. The molecule has 0 saturated carbocycles. The van der Waals surface area contributed by atoms with Gasteiger partial charge in [-0.05, 0) is 43.0 Å². The lowest BCUT2D eigenvalue weighted by Gasteiger charge is -2.10. The Labute approximate surface area is 167 Å². The molecular weight excluding hydrogens is 346 g/mol. The number of nitrogens with zero attached hydrogens (tertiary/aromatic N) is 3. The van der Waals surface area contributed by atoms with Crippen LogP contribution in [0.5, 0.6) is 0 Å². The van der Waals surface area contributed by atoms with Crippen LogP contribution < -0.4 is 11.1 Å². The standard InChI is InChI=1S/C23H29N5/c1-16(2)20-11-8-12-21(13-20)26-23(24)25-14-22-17(3)27-28(18(22)4)15-19-9-6-5-7-10-19/h5-13,16H,14-15H2,1-4H3,(H3,24,25,26). The number of aromatic nitrogens is 2. The smallest absolute Gasteiger partial charge is 0.193 e. The molecule has 146 valence electrons. The van der Waals surface area contributed by atoms with Crippen molar-refractivity contribution in [1.29, 1.82) is 0 Å². The van der Waals surface area contributed by atoms with Crippen LogP contribution in [0.25, 0.3) is 0 Å². The Morgan fingerprint density at radius 2 is 1.86 bits per heavy atom. The van der Waals surface area contributed by atoms with E-state index in [2.05, 4.69) is 60.4 Å². The first-order chi connectivity index (χ1) is 13.4. The number of guanidine groups is 1. The van der Waals surface area contributed by atoms with Crippen LogP contribution in [0.1, 0.15) is 47.8 Å². The number of aryl methyl sites for hydroxylation is 1. The van der Waals surface area contributed by atoms with Crippen LogP contribution in [0.2, 0.25) is 0 Å². The fourth-order valence-corrected chi connectivity index (χ4v) is 3.20. The van der Waals surface area contributed by atoms with Gasteiger partial charge in [0.05, 0.1) is 18.8 Å². The molecule has 3 rings (SSSR count). The molecule has 2 aromatic carbocycles. The van der Waals surface area contributed by atoms with Crippen molar-refractivity contribution in [3.63, 3.8) is 0 Å². The van der Waals surface area contributed by atoms with Crippen LogP contribution >= 0.6 is 0 Å². The van der Waals surface area contributed by atoms with Gasteiger partial charge in [-0.3, -0.25) is 4.68 Å². The molecule has 28 heavy (non-hydrogen) atoms. The van der Waals surface area contributed by atoms with E-state index in [0.717, 1.165) is 29.2 Å². The first-order valence-electron chi connectivity index (χ1n) is 9.67. The first-order valence-corrected chi connectivity index (χ1v) is 9.67. The second-order valence-corrected chi connectivity index (χ2v) is 7.40. The van der Waals surface area contributed by atoms with E-state index in [0.29, 0.717) is 18.4 Å². The molecule has 0 radical (unpaired) electrons. The fraction of sp³-hybridized carbons (Fsp3) is 0.304. The molecule has 0 aliphatic rings. The molecule has 0 aliphatic carbocycles. The highest BCUT2D eigenvalue weighted by molar-refractivity contribution is 5.92. The number of benzene rings is 2. The summed E-state index contributed by atoms with van der Waals surface area (Å²) in [5.41, 5.74) is 12.8. The molecule has 0 unspecified atom stereocenters. The van der Waals surface area contributed by atoms with Gasteiger partial charge in [-0.15, -0.1) is 0 Å². The maximum Gasteiger partial charge on any atom is 0.193 e. The lowest BCUT2D eigenvalue weighted by molar-refractivity contribution is 0.658. The molecule has 1 heterocycles. The average Bonchev–Trinajstić information content (AvgIpc) is 2.94. The lowest BCUT2D eigenvalue weighted by Crippen LogP contribution is -2.22. The second kappa shape index (κ2) is 8.74. The molecule has 0 saturated heterocycles. The maximum absolute atomic E-state index is 6.12. The highest BCUT2D eigenvalue weighted by atomic mass is 15.3. The van der Waals surface area contributed by atoms with Gasteiger partial charge in [-0.2, -0.15) is 5.10 Å². The van der Waals surface area contributed by atoms with Gasteiger partial charge in [-0.1, -0.05) is 56.3 Å². The van der Waals surface area contributed by atoms with E-state index in [4.69, 9.17) is 5.73 Å². The number of anilines is 1. The lowest BCUT2D eigenvalue weighted by atomic mass is 10.0. The van der Waals surface area contributed by atoms with Crippen LogP contribution in [0.3, 0.4) is 0 Å². The van der Waals surface area contributed by atoms with E-state index in [-0.39, 0.29) is 0 Å². The Morgan fingerprint density at radius 1 is 1.11 bits per heavy atom. The van der Waals surface area contributed by atoms with Crippen molar-refractivity contribution >= 4 is 11.6 Å². The molecule has 0 bridgehead atoms. The van der Waals surface area contributed by atoms with E-state index in [1.807, 2.05) is 41.9 Å². The molecule has 5 heteroatoms. The van der Waals surface area contributed by atoms with E-state index in [1.165, 1.54) is 11.1 Å². The van der Waals surface area contributed by atoms with E-state index < -0.39 is 0 Å². The molecule has 0 amide bonds. The molecule has 0 fully saturated rings. The highest BCUT2D eigenvalue weighted by Gasteiger charge is 2.11. The van der Waals surface area contributed by atoms with Crippen molar-refractivity contribution in [2.24, 2.45) is 10.7 Å². The average molecular weight is 376 g/mol. The monoisotopic (exact) mass is 375 g/mol.